The number of hydrogen-bond acceptors (Lipinski definition) is 5. The first-order chi connectivity index (χ1) is 9.58. The Morgan fingerprint density at radius 2 is 2.30 bits per heavy atom. The van der Waals surface area contributed by atoms with Crippen molar-refractivity contribution in [2.24, 2.45) is 0 Å². The lowest BCUT2D eigenvalue weighted by Crippen LogP contribution is -2.02. The van der Waals surface area contributed by atoms with Crippen molar-refractivity contribution in [3.63, 3.8) is 0 Å². The normalized spacial score (nSPS) is 10.3. The number of aromatic nitrogens is 1. The summed E-state index contributed by atoms with van der Waals surface area (Å²) >= 11 is 7.64. The summed E-state index contributed by atoms with van der Waals surface area (Å²) in [5.41, 5.74) is 2.80. The van der Waals surface area contributed by atoms with Crippen molar-refractivity contribution in [3.05, 3.63) is 39.9 Å². The molecule has 0 atom stereocenters. The molecule has 0 bridgehead atoms. The second-order valence-corrected chi connectivity index (χ2v) is 5.59. The number of carbonyl (C=O) groups is 1. The molecule has 1 N–H and O–H groups in total. The third kappa shape index (κ3) is 3.95. The van der Waals surface area contributed by atoms with Gasteiger partial charge in [0.1, 0.15) is 0 Å². The highest BCUT2D eigenvalue weighted by Crippen LogP contribution is 2.28. The molecule has 106 valence electrons. The van der Waals surface area contributed by atoms with Gasteiger partial charge in [-0.3, -0.25) is 4.79 Å². The number of rotatable bonds is 5. The van der Waals surface area contributed by atoms with Gasteiger partial charge in [0.25, 0.3) is 0 Å². The first kappa shape index (κ1) is 14.8. The van der Waals surface area contributed by atoms with E-state index >= 15 is 0 Å². The van der Waals surface area contributed by atoms with E-state index in [1.54, 1.807) is 0 Å². The van der Waals surface area contributed by atoms with E-state index in [0.717, 1.165) is 22.1 Å². The van der Waals surface area contributed by atoms with Crippen LogP contribution in [0.4, 0.5) is 10.8 Å². The minimum Gasteiger partial charge on any atom is -0.469 e. The molecular weight excluding hydrogens is 296 g/mol. The number of methoxy groups -OCH3 is 1. The number of nitrogens with one attached hydrogen (secondary N) is 1. The lowest BCUT2D eigenvalue weighted by molar-refractivity contribution is -0.140. The maximum absolute atomic E-state index is 11.1. The molecule has 0 radical (unpaired) electrons. The summed E-state index contributed by atoms with van der Waals surface area (Å²) in [5, 5.41) is 6.53. The van der Waals surface area contributed by atoms with Gasteiger partial charge in [0, 0.05) is 11.8 Å². The number of nitrogens with zero attached hydrogens (tertiary/aromatic N) is 1. The fraction of sp³-hybridized carbons (Fsp3) is 0.286. The smallest absolute Gasteiger partial charge is 0.305 e. The van der Waals surface area contributed by atoms with Crippen molar-refractivity contribution in [2.45, 2.75) is 19.8 Å². The average Bonchev–Trinajstić information content (AvgIpc) is 2.87. The second-order valence-electron chi connectivity index (χ2n) is 4.33. The molecule has 0 fully saturated rings. The summed E-state index contributed by atoms with van der Waals surface area (Å²) in [5.74, 6) is -0.228. The predicted molar refractivity (Wildman–Crippen MR) is 81.9 cm³/mol. The standard InChI is InChI=1S/C14H15ClN2O2S/c1-9-3-5-12(11(15)7-9)17-14-16-10(8-20-14)4-6-13(18)19-2/h3,5,7-8H,4,6H2,1-2H3,(H,16,17). The molecule has 1 heterocycles. The van der Waals surface area contributed by atoms with Crippen molar-refractivity contribution in [1.82, 2.24) is 4.98 Å². The van der Waals surface area contributed by atoms with Crippen LogP contribution in [0.3, 0.4) is 0 Å². The molecule has 0 aliphatic rings. The number of carbonyl (C=O) groups excluding carboxylic acids is 1. The Balaban J connectivity index is 2.00. The van der Waals surface area contributed by atoms with Gasteiger partial charge in [-0.05, 0) is 24.6 Å². The largest absolute Gasteiger partial charge is 0.469 e. The number of hydrogen-bond donors (Lipinski definition) is 1. The van der Waals surface area contributed by atoms with Crippen LogP contribution in [0.1, 0.15) is 17.7 Å². The van der Waals surface area contributed by atoms with Crippen molar-refractivity contribution >= 4 is 39.7 Å². The van der Waals surface area contributed by atoms with Gasteiger partial charge < -0.3 is 10.1 Å². The summed E-state index contributed by atoms with van der Waals surface area (Å²) in [6.07, 6.45) is 0.914. The Labute approximate surface area is 126 Å². The van der Waals surface area contributed by atoms with Gasteiger partial charge in [-0.25, -0.2) is 4.98 Å². The highest BCUT2D eigenvalue weighted by Gasteiger charge is 2.07. The van der Waals surface area contributed by atoms with E-state index in [2.05, 4.69) is 15.0 Å². The summed E-state index contributed by atoms with van der Waals surface area (Å²) in [7, 11) is 1.38. The summed E-state index contributed by atoms with van der Waals surface area (Å²) in [6, 6.07) is 5.81. The molecule has 2 rings (SSSR count). The second kappa shape index (κ2) is 6.72. The molecule has 0 aliphatic heterocycles. The van der Waals surface area contributed by atoms with Crippen molar-refractivity contribution in [3.8, 4) is 0 Å². The topological polar surface area (TPSA) is 51.2 Å². The predicted octanol–water partition coefficient (Wildman–Crippen LogP) is 3.95. The van der Waals surface area contributed by atoms with Gasteiger partial charge in [0.15, 0.2) is 5.13 Å². The van der Waals surface area contributed by atoms with Gasteiger partial charge in [-0.2, -0.15) is 0 Å². The maximum atomic E-state index is 11.1. The Morgan fingerprint density at radius 3 is 3.00 bits per heavy atom. The summed E-state index contributed by atoms with van der Waals surface area (Å²) < 4.78 is 4.60. The monoisotopic (exact) mass is 310 g/mol. The maximum Gasteiger partial charge on any atom is 0.305 e. The van der Waals surface area contributed by atoms with E-state index in [9.17, 15) is 4.79 Å². The van der Waals surface area contributed by atoms with Gasteiger partial charge >= 0.3 is 5.97 Å². The molecule has 6 heteroatoms. The molecule has 4 nitrogen and oxygen atoms in total. The van der Waals surface area contributed by atoms with Crippen LogP contribution in [-0.2, 0) is 16.0 Å². The van der Waals surface area contributed by atoms with E-state index in [4.69, 9.17) is 11.6 Å². The zero-order chi connectivity index (χ0) is 14.5. The van der Waals surface area contributed by atoms with Gasteiger partial charge in [-0.1, -0.05) is 17.7 Å². The van der Waals surface area contributed by atoms with E-state index in [1.807, 2.05) is 30.5 Å². The molecule has 0 saturated carbocycles. The quantitative estimate of drug-likeness (QED) is 0.849. The highest BCUT2D eigenvalue weighted by molar-refractivity contribution is 7.13. The van der Waals surface area contributed by atoms with Gasteiger partial charge in [-0.15, -0.1) is 11.3 Å². The molecule has 0 saturated heterocycles. The molecule has 2 aromatic rings. The van der Waals surface area contributed by atoms with Gasteiger partial charge in [0.2, 0.25) is 0 Å². The number of aryl methyl sites for hydroxylation is 2. The third-order valence-electron chi connectivity index (χ3n) is 2.73. The molecule has 0 spiro atoms. The summed E-state index contributed by atoms with van der Waals surface area (Å²) in [4.78, 5) is 15.5. The van der Waals surface area contributed by atoms with Crippen LogP contribution < -0.4 is 5.32 Å². The highest BCUT2D eigenvalue weighted by atomic mass is 35.5. The van der Waals surface area contributed by atoms with Crippen LogP contribution in [0.25, 0.3) is 0 Å². The zero-order valence-electron chi connectivity index (χ0n) is 11.3. The number of esters is 1. The molecule has 0 amide bonds. The van der Waals surface area contributed by atoms with Crippen molar-refractivity contribution in [2.75, 3.05) is 12.4 Å². The van der Waals surface area contributed by atoms with Crippen molar-refractivity contribution in [1.29, 1.82) is 0 Å². The third-order valence-corrected chi connectivity index (χ3v) is 3.85. The fourth-order valence-corrected chi connectivity index (χ4v) is 2.69. The average molecular weight is 311 g/mol. The molecule has 1 aromatic heterocycles. The van der Waals surface area contributed by atoms with Crippen molar-refractivity contribution < 1.29 is 9.53 Å². The first-order valence-electron chi connectivity index (χ1n) is 6.13. The van der Waals surface area contributed by atoms with Crippen LogP contribution in [0.5, 0.6) is 0 Å². The Morgan fingerprint density at radius 1 is 1.50 bits per heavy atom. The van der Waals surface area contributed by atoms with Crippen LogP contribution in [-0.4, -0.2) is 18.1 Å². The van der Waals surface area contributed by atoms with Gasteiger partial charge in [0.05, 0.1) is 29.9 Å². The van der Waals surface area contributed by atoms with E-state index < -0.39 is 0 Å². The minimum atomic E-state index is -0.228. The van der Waals surface area contributed by atoms with E-state index in [1.165, 1.54) is 18.4 Å². The first-order valence-corrected chi connectivity index (χ1v) is 7.38. The van der Waals surface area contributed by atoms with Crippen LogP contribution >= 0.6 is 22.9 Å². The Kier molecular flexibility index (Phi) is 4.98. The van der Waals surface area contributed by atoms with Crippen LogP contribution in [0.2, 0.25) is 5.02 Å². The molecule has 1 aromatic carbocycles. The number of halogens is 1. The summed E-state index contributed by atoms with van der Waals surface area (Å²) in [6.45, 7) is 1.99. The zero-order valence-corrected chi connectivity index (χ0v) is 12.8. The van der Waals surface area contributed by atoms with Crippen LogP contribution in [0, 0.1) is 6.92 Å². The molecule has 0 aliphatic carbocycles. The van der Waals surface area contributed by atoms with E-state index in [-0.39, 0.29) is 5.97 Å². The number of thiazole rings is 1. The fourth-order valence-electron chi connectivity index (χ4n) is 1.65. The number of anilines is 2. The molecular formula is C14H15ClN2O2S. The lowest BCUT2D eigenvalue weighted by atomic mass is 10.2. The Bertz CT molecular complexity index is 613. The van der Waals surface area contributed by atoms with E-state index in [0.29, 0.717) is 17.9 Å². The number of benzene rings is 1. The van der Waals surface area contributed by atoms with Crippen LogP contribution in [0.15, 0.2) is 23.6 Å². The lowest BCUT2D eigenvalue weighted by Gasteiger charge is -2.05. The minimum absolute atomic E-state index is 0.228. The molecule has 20 heavy (non-hydrogen) atoms. The number of ether oxygens (including phenoxy) is 1. The molecule has 0 unspecified atom stereocenters. The SMILES string of the molecule is COC(=O)CCc1csc(Nc2ccc(C)cc2Cl)n1. The Hall–Kier alpha value is -1.59.